The number of nitriles is 1. The molecule has 1 atom stereocenters. The molecule has 5 heteroatoms. The van der Waals surface area contributed by atoms with Crippen LogP contribution in [-0.4, -0.2) is 18.0 Å². The van der Waals surface area contributed by atoms with E-state index in [1.165, 1.54) is 17.7 Å². The van der Waals surface area contributed by atoms with Gasteiger partial charge in [-0.15, -0.1) is 0 Å². The zero-order valence-corrected chi connectivity index (χ0v) is 16.2. The Bertz CT molecular complexity index is 851. The number of halogens is 1. The van der Waals surface area contributed by atoms with Crippen molar-refractivity contribution in [3.8, 4) is 6.07 Å². The fourth-order valence-corrected chi connectivity index (χ4v) is 3.81. The van der Waals surface area contributed by atoms with E-state index in [0.717, 1.165) is 30.4 Å². The highest BCUT2D eigenvalue weighted by atomic mass is 19.1. The Morgan fingerprint density at radius 3 is 2.50 bits per heavy atom. The highest BCUT2D eigenvalue weighted by Gasteiger charge is 2.35. The smallest absolute Gasteiger partial charge is 0.235 e. The molecule has 1 saturated carbocycles. The summed E-state index contributed by atoms with van der Waals surface area (Å²) in [6.45, 7) is 2.15. The maximum atomic E-state index is 13.8. The van der Waals surface area contributed by atoms with E-state index < -0.39 is 5.54 Å². The van der Waals surface area contributed by atoms with Crippen LogP contribution in [0.4, 0.5) is 4.39 Å². The molecule has 1 fully saturated rings. The molecule has 0 aromatic heterocycles. The van der Waals surface area contributed by atoms with Gasteiger partial charge in [0.2, 0.25) is 5.91 Å². The lowest BCUT2D eigenvalue weighted by Gasteiger charge is -2.24. The average molecular weight is 379 g/mol. The van der Waals surface area contributed by atoms with Crippen molar-refractivity contribution in [1.29, 1.82) is 5.26 Å². The minimum absolute atomic E-state index is 0.0557. The van der Waals surface area contributed by atoms with Crippen LogP contribution in [0.15, 0.2) is 48.5 Å². The number of hydrogen-bond donors (Lipinski definition) is 2. The normalized spacial score (nSPS) is 16.3. The quantitative estimate of drug-likeness (QED) is 0.764. The van der Waals surface area contributed by atoms with Gasteiger partial charge < -0.3 is 5.32 Å². The third-order valence-electron chi connectivity index (χ3n) is 5.42. The molecule has 3 rings (SSSR count). The van der Waals surface area contributed by atoms with Crippen LogP contribution in [0.2, 0.25) is 0 Å². The highest BCUT2D eigenvalue weighted by molar-refractivity contribution is 5.79. The van der Waals surface area contributed by atoms with Gasteiger partial charge in [0.1, 0.15) is 11.4 Å². The van der Waals surface area contributed by atoms with E-state index in [1.807, 2.05) is 30.3 Å². The van der Waals surface area contributed by atoms with Crippen LogP contribution in [0.25, 0.3) is 0 Å². The van der Waals surface area contributed by atoms with Crippen molar-refractivity contribution in [2.24, 2.45) is 0 Å². The summed E-state index contributed by atoms with van der Waals surface area (Å²) >= 11 is 0. The molecule has 0 radical (unpaired) electrons. The summed E-state index contributed by atoms with van der Waals surface area (Å²) in [5, 5.41) is 15.6. The molecule has 1 aliphatic carbocycles. The molecule has 0 spiro atoms. The van der Waals surface area contributed by atoms with Crippen molar-refractivity contribution in [2.45, 2.75) is 50.6 Å². The molecular formula is C23H26FN3O. The number of nitrogens with zero attached hydrogens (tertiary/aromatic N) is 1. The first-order valence-corrected chi connectivity index (χ1v) is 9.85. The Morgan fingerprint density at radius 1 is 1.18 bits per heavy atom. The van der Waals surface area contributed by atoms with Gasteiger partial charge in [-0.2, -0.15) is 5.26 Å². The molecule has 0 saturated heterocycles. The predicted molar refractivity (Wildman–Crippen MR) is 107 cm³/mol. The van der Waals surface area contributed by atoms with E-state index >= 15 is 0 Å². The zero-order valence-electron chi connectivity index (χ0n) is 16.2. The zero-order chi connectivity index (χ0) is 20.0. The van der Waals surface area contributed by atoms with Crippen LogP contribution in [-0.2, 0) is 11.2 Å². The van der Waals surface area contributed by atoms with E-state index in [2.05, 4.69) is 23.6 Å². The van der Waals surface area contributed by atoms with Gasteiger partial charge in [-0.3, -0.25) is 10.1 Å². The summed E-state index contributed by atoms with van der Waals surface area (Å²) in [5.41, 5.74) is 2.20. The fraction of sp³-hybridized carbons (Fsp3) is 0.391. The standard InChI is InChI=1S/C23H26FN3O/c1-2-17-8-10-18(11-9-17)22(19-6-5-7-20(24)14-19)26-15-21(28)27-23(16-25)12-3-4-13-23/h5-11,14,22,26H,2-4,12-13,15H2,1H3,(H,27,28)/t22-/m0/s1. The lowest BCUT2D eigenvalue weighted by molar-refractivity contribution is -0.121. The Labute approximate surface area is 165 Å². The summed E-state index contributed by atoms with van der Waals surface area (Å²) < 4.78 is 13.8. The van der Waals surface area contributed by atoms with E-state index in [-0.39, 0.29) is 24.3 Å². The summed E-state index contributed by atoms with van der Waals surface area (Å²) in [6.07, 6.45) is 4.24. The molecule has 1 aliphatic rings. The summed E-state index contributed by atoms with van der Waals surface area (Å²) in [7, 11) is 0. The van der Waals surface area contributed by atoms with Gasteiger partial charge in [0, 0.05) is 0 Å². The van der Waals surface area contributed by atoms with Gasteiger partial charge in [-0.05, 0) is 60.9 Å². The van der Waals surface area contributed by atoms with Gasteiger partial charge in [0.15, 0.2) is 0 Å². The van der Waals surface area contributed by atoms with Crippen LogP contribution in [0.1, 0.15) is 55.3 Å². The van der Waals surface area contributed by atoms with Crippen molar-refractivity contribution in [3.05, 3.63) is 71.0 Å². The molecule has 1 amide bonds. The number of nitrogens with one attached hydrogen (secondary N) is 2. The topological polar surface area (TPSA) is 64.9 Å². The molecule has 28 heavy (non-hydrogen) atoms. The van der Waals surface area contributed by atoms with Crippen molar-refractivity contribution in [3.63, 3.8) is 0 Å². The van der Waals surface area contributed by atoms with Crippen molar-refractivity contribution in [2.75, 3.05) is 6.54 Å². The number of aryl methyl sites for hydroxylation is 1. The molecule has 4 nitrogen and oxygen atoms in total. The molecule has 2 aromatic rings. The number of carbonyl (C=O) groups excluding carboxylic acids is 1. The van der Waals surface area contributed by atoms with Gasteiger partial charge >= 0.3 is 0 Å². The van der Waals surface area contributed by atoms with Crippen LogP contribution >= 0.6 is 0 Å². The summed E-state index contributed by atoms with van der Waals surface area (Å²) in [6, 6.07) is 16.5. The maximum absolute atomic E-state index is 13.8. The summed E-state index contributed by atoms with van der Waals surface area (Å²) in [4.78, 5) is 12.5. The Hall–Kier alpha value is -2.71. The molecule has 0 heterocycles. The number of hydrogen-bond acceptors (Lipinski definition) is 3. The second kappa shape index (κ2) is 8.99. The number of benzene rings is 2. The first-order chi connectivity index (χ1) is 13.5. The largest absolute Gasteiger partial charge is 0.337 e. The molecule has 0 unspecified atom stereocenters. The van der Waals surface area contributed by atoms with Crippen LogP contribution in [0.3, 0.4) is 0 Å². The second-order valence-corrected chi connectivity index (χ2v) is 7.41. The Morgan fingerprint density at radius 2 is 1.89 bits per heavy atom. The molecular weight excluding hydrogens is 353 g/mol. The highest BCUT2D eigenvalue weighted by Crippen LogP contribution is 2.29. The van der Waals surface area contributed by atoms with Gasteiger partial charge in [0.05, 0.1) is 18.7 Å². The van der Waals surface area contributed by atoms with Crippen molar-refractivity contribution >= 4 is 5.91 Å². The Balaban J connectivity index is 1.75. The van der Waals surface area contributed by atoms with E-state index in [1.54, 1.807) is 6.07 Å². The predicted octanol–water partition coefficient (Wildman–Crippen LogP) is 4.02. The minimum atomic E-state index is -0.740. The second-order valence-electron chi connectivity index (χ2n) is 7.41. The van der Waals surface area contributed by atoms with E-state index in [4.69, 9.17) is 0 Å². The molecule has 0 bridgehead atoms. The van der Waals surface area contributed by atoms with E-state index in [9.17, 15) is 14.4 Å². The summed E-state index contributed by atoms with van der Waals surface area (Å²) in [5.74, 6) is -0.525. The SMILES string of the molecule is CCc1ccc([C@H](NCC(=O)NC2(C#N)CCCC2)c2cccc(F)c2)cc1. The fourth-order valence-electron chi connectivity index (χ4n) is 3.81. The maximum Gasteiger partial charge on any atom is 0.235 e. The average Bonchev–Trinajstić information content (AvgIpc) is 3.17. The van der Waals surface area contributed by atoms with E-state index in [0.29, 0.717) is 12.8 Å². The van der Waals surface area contributed by atoms with Crippen LogP contribution < -0.4 is 10.6 Å². The third kappa shape index (κ3) is 4.76. The number of rotatable bonds is 7. The molecule has 0 aliphatic heterocycles. The van der Waals surface area contributed by atoms with Crippen LogP contribution in [0.5, 0.6) is 0 Å². The van der Waals surface area contributed by atoms with Gasteiger partial charge in [-0.1, -0.05) is 43.3 Å². The Kier molecular flexibility index (Phi) is 6.43. The van der Waals surface area contributed by atoms with Crippen molar-refractivity contribution in [1.82, 2.24) is 10.6 Å². The molecule has 2 N–H and O–H groups in total. The first-order valence-electron chi connectivity index (χ1n) is 9.85. The first kappa shape index (κ1) is 20.0. The number of amides is 1. The number of carbonyl (C=O) groups is 1. The lowest BCUT2D eigenvalue weighted by atomic mass is 9.97. The monoisotopic (exact) mass is 379 g/mol. The third-order valence-corrected chi connectivity index (χ3v) is 5.42. The molecule has 2 aromatic carbocycles. The van der Waals surface area contributed by atoms with Gasteiger partial charge in [0.25, 0.3) is 0 Å². The van der Waals surface area contributed by atoms with Crippen molar-refractivity contribution < 1.29 is 9.18 Å². The minimum Gasteiger partial charge on any atom is -0.337 e. The van der Waals surface area contributed by atoms with Crippen LogP contribution in [0, 0.1) is 17.1 Å². The molecule has 146 valence electrons. The lowest BCUT2D eigenvalue weighted by Crippen LogP contribution is -2.48. The van der Waals surface area contributed by atoms with Gasteiger partial charge in [-0.25, -0.2) is 4.39 Å².